The van der Waals surface area contributed by atoms with E-state index >= 15 is 0 Å². The predicted molar refractivity (Wildman–Crippen MR) is 296 cm³/mol. The maximum atomic E-state index is 2.73. The average molecular weight is 863 g/mol. The Morgan fingerprint density at radius 3 is 0.864 bits per heavy atom. The zero-order chi connectivity index (χ0) is 46.9. The number of rotatable bonds is 10. The highest BCUT2D eigenvalue weighted by Crippen LogP contribution is 2.48. The number of hydrogen-bond acceptors (Lipinski definition) is 0. The summed E-state index contributed by atoms with van der Waals surface area (Å²) in [5.74, 6) is 3.17. The highest BCUT2D eigenvalue weighted by Gasteiger charge is 2.41. The molecule has 2 heterocycles. The molecule has 0 aromatic heterocycles. The summed E-state index contributed by atoms with van der Waals surface area (Å²) in [6.45, 7) is 38.8. The van der Waals surface area contributed by atoms with Crippen molar-refractivity contribution in [1.82, 2.24) is 0 Å². The smallest absolute Gasteiger partial charge is 0.0664 e. The predicted octanol–water partition coefficient (Wildman–Crippen LogP) is 14.6. The Labute approximate surface area is 398 Å². The summed E-state index contributed by atoms with van der Waals surface area (Å²) in [5.41, 5.74) is 26.5. The molecule has 2 heteroatoms. The lowest BCUT2D eigenvalue weighted by atomic mass is 9.31. The Bertz CT molecular complexity index is 2950. The lowest BCUT2D eigenvalue weighted by molar-refractivity contribution is 0.812. The first kappa shape index (κ1) is 44.7. The molecule has 8 aromatic rings. The van der Waals surface area contributed by atoms with Crippen molar-refractivity contribution < 1.29 is 0 Å². The molecular formula is C64H72B2. The molecule has 0 N–H and O–H groups in total. The van der Waals surface area contributed by atoms with Crippen molar-refractivity contribution in [3.8, 4) is 22.3 Å². The van der Waals surface area contributed by atoms with Crippen LogP contribution in [0, 0.1) is 0 Å². The molecule has 2 aliphatic rings. The molecule has 0 saturated carbocycles. The van der Waals surface area contributed by atoms with Gasteiger partial charge in [0.15, 0.2) is 0 Å². The molecule has 0 amide bonds. The summed E-state index contributed by atoms with van der Waals surface area (Å²) in [6, 6.07) is 40.1. The minimum atomic E-state index is 0.114. The minimum absolute atomic E-state index is 0.114. The van der Waals surface area contributed by atoms with Crippen LogP contribution in [0.2, 0.25) is 0 Å². The first-order chi connectivity index (χ1) is 31.4. The molecule has 0 bridgehead atoms. The van der Waals surface area contributed by atoms with Crippen LogP contribution in [-0.4, -0.2) is 13.4 Å². The third-order valence-electron chi connectivity index (χ3n) is 16.1. The fourth-order valence-corrected chi connectivity index (χ4v) is 12.8. The van der Waals surface area contributed by atoms with Crippen LogP contribution in [0.15, 0.2) is 97.1 Å². The van der Waals surface area contributed by atoms with Crippen LogP contribution in [0.1, 0.15) is 203 Å². The summed E-state index contributed by atoms with van der Waals surface area (Å²) in [4.78, 5) is 0. The Hall–Kier alpha value is -5.07. The van der Waals surface area contributed by atoms with Crippen LogP contribution in [0.3, 0.4) is 0 Å². The molecule has 0 fully saturated rings. The molecule has 0 atom stereocenters. The Kier molecular flexibility index (Phi) is 11.1. The van der Waals surface area contributed by atoms with E-state index in [0.29, 0.717) is 47.3 Å². The molecule has 0 aliphatic carbocycles. The van der Waals surface area contributed by atoms with Gasteiger partial charge in [-0.1, -0.05) is 228 Å². The average Bonchev–Trinajstić information content (AvgIpc) is 3.28. The van der Waals surface area contributed by atoms with Crippen LogP contribution in [0.25, 0.3) is 54.6 Å². The Morgan fingerprint density at radius 2 is 0.576 bits per heavy atom. The highest BCUT2D eigenvalue weighted by molar-refractivity contribution is 7.00. The standard InChI is InChI=1S/C64H72B2/c1-33(2)41-25-47(37(9)10)63(48(26-41)38(11)12)65-55-23-19-17-21-43(55)51-29-46(36(7)8)54-32-58-60-52(30-45(35(5)6)53-31-57(65)59(51)61(54)62(53)60)44-22-18-20-24-56(44)66(58)64-49(39(13)14)27-42(34(3)4)28-50(64)40(15)16/h17-40H,1-16H3. The van der Waals surface area contributed by atoms with Gasteiger partial charge < -0.3 is 0 Å². The second-order valence-corrected chi connectivity index (χ2v) is 23.1. The molecule has 66 heavy (non-hydrogen) atoms. The Balaban J connectivity index is 1.44. The van der Waals surface area contributed by atoms with Crippen LogP contribution in [0.5, 0.6) is 0 Å². The molecule has 334 valence electrons. The number of fused-ring (bicyclic) bond motifs is 4. The van der Waals surface area contributed by atoms with Gasteiger partial charge in [-0.15, -0.1) is 0 Å². The minimum Gasteiger partial charge on any atom is -0.0664 e. The van der Waals surface area contributed by atoms with Crippen LogP contribution < -0.4 is 32.8 Å². The zero-order valence-corrected chi connectivity index (χ0v) is 43.0. The molecule has 0 unspecified atom stereocenters. The lowest BCUT2D eigenvalue weighted by Crippen LogP contribution is -2.58. The van der Waals surface area contributed by atoms with E-state index in [4.69, 9.17) is 0 Å². The van der Waals surface area contributed by atoms with Crippen LogP contribution in [-0.2, 0) is 0 Å². The molecule has 0 saturated heterocycles. The second-order valence-electron chi connectivity index (χ2n) is 23.1. The zero-order valence-electron chi connectivity index (χ0n) is 43.0. The monoisotopic (exact) mass is 863 g/mol. The van der Waals surface area contributed by atoms with E-state index in [1.54, 1.807) is 0 Å². The molecule has 0 nitrogen and oxygen atoms in total. The largest absolute Gasteiger partial charge is 0.243 e. The van der Waals surface area contributed by atoms with Crippen molar-refractivity contribution in [1.29, 1.82) is 0 Å². The van der Waals surface area contributed by atoms with E-state index in [1.165, 1.54) is 132 Å². The quantitative estimate of drug-likeness (QED) is 0.0949. The maximum absolute atomic E-state index is 2.73. The van der Waals surface area contributed by atoms with Crippen molar-refractivity contribution in [2.75, 3.05) is 0 Å². The van der Waals surface area contributed by atoms with Gasteiger partial charge in [-0.05, 0) is 159 Å². The van der Waals surface area contributed by atoms with E-state index in [-0.39, 0.29) is 13.4 Å². The number of hydrogen-bond donors (Lipinski definition) is 0. The first-order valence-electron chi connectivity index (χ1n) is 25.8. The SMILES string of the molecule is CC(C)c1cc(C(C)C)c(B2c3ccccc3-c3cc(C(C)C)c4cc5c6c(cc(C(C)C)c7cc2c3c4c76)-c2ccccc2B5c2c(C(C)C)cc(C(C)C)cc2C(C)C)c(C(C)C)c1. The number of benzene rings is 8. The molecular weight excluding hydrogens is 790 g/mol. The summed E-state index contributed by atoms with van der Waals surface area (Å²) in [7, 11) is 0. The van der Waals surface area contributed by atoms with E-state index in [1.807, 2.05) is 0 Å². The highest BCUT2D eigenvalue weighted by atomic mass is 14.3. The van der Waals surface area contributed by atoms with Crippen molar-refractivity contribution in [2.45, 2.75) is 158 Å². The summed E-state index contributed by atoms with van der Waals surface area (Å²) in [6.07, 6.45) is 0. The van der Waals surface area contributed by atoms with Gasteiger partial charge in [0.25, 0.3) is 0 Å². The van der Waals surface area contributed by atoms with E-state index in [9.17, 15) is 0 Å². The van der Waals surface area contributed by atoms with E-state index in [0.717, 1.165) is 0 Å². The molecule has 8 aromatic carbocycles. The summed E-state index contributed by atoms with van der Waals surface area (Å²) in [5, 5.41) is 8.83. The van der Waals surface area contributed by atoms with Crippen LogP contribution in [0.4, 0.5) is 0 Å². The fourth-order valence-electron chi connectivity index (χ4n) is 12.8. The summed E-state index contributed by atoms with van der Waals surface area (Å²) < 4.78 is 0. The van der Waals surface area contributed by atoms with E-state index in [2.05, 4.69) is 208 Å². The van der Waals surface area contributed by atoms with E-state index < -0.39 is 0 Å². The van der Waals surface area contributed by atoms with Gasteiger partial charge in [0.2, 0.25) is 13.4 Å². The topological polar surface area (TPSA) is 0 Å². The van der Waals surface area contributed by atoms with Gasteiger partial charge in [0.05, 0.1) is 0 Å². The molecule has 2 aliphatic heterocycles. The van der Waals surface area contributed by atoms with Crippen molar-refractivity contribution in [3.05, 3.63) is 142 Å². The van der Waals surface area contributed by atoms with Gasteiger partial charge in [-0.3, -0.25) is 0 Å². The van der Waals surface area contributed by atoms with Gasteiger partial charge in [-0.2, -0.15) is 0 Å². The summed E-state index contributed by atoms with van der Waals surface area (Å²) >= 11 is 0. The molecule has 0 radical (unpaired) electrons. The van der Waals surface area contributed by atoms with Crippen molar-refractivity contribution in [2.24, 2.45) is 0 Å². The maximum Gasteiger partial charge on any atom is 0.243 e. The third kappa shape index (κ3) is 6.61. The first-order valence-corrected chi connectivity index (χ1v) is 25.8. The molecule has 10 rings (SSSR count). The Morgan fingerprint density at radius 1 is 0.273 bits per heavy atom. The van der Waals surface area contributed by atoms with Gasteiger partial charge in [-0.25, -0.2) is 0 Å². The fraction of sp³-hybridized carbons (Fsp3) is 0.375. The lowest BCUT2D eigenvalue weighted by Gasteiger charge is -2.37. The van der Waals surface area contributed by atoms with Crippen LogP contribution >= 0.6 is 0 Å². The van der Waals surface area contributed by atoms with Gasteiger partial charge in [0, 0.05) is 0 Å². The van der Waals surface area contributed by atoms with Gasteiger partial charge in [0.1, 0.15) is 0 Å². The van der Waals surface area contributed by atoms with Crippen molar-refractivity contribution in [3.63, 3.8) is 0 Å². The normalized spacial score (nSPS) is 13.6. The second kappa shape index (κ2) is 16.3. The van der Waals surface area contributed by atoms with Crippen molar-refractivity contribution >= 4 is 78.5 Å². The molecule has 0 spiro atoms. The third-order valence-corrected chi connectivity index (χ3v) is 16.1. The van der Waals surface area contributed by atoms with Gasteiger partial charge >= 0.3 is 0 Å².